The molecule has 3 unspecified atom stereocenters. The maximum Gasteiger partial charge on any atom is 0.416 e. The quantitative estimate of drug-likeness (QED) is 0.756. The zero-order valence-electron chi connectivity index (χ0n) is 16.2. The van der Waals surface area contributed by atoms with Crippen LogP contribution in [0, 0.1) is 5.92 Å². The van der Waals surface area contributed by atoms with Crippen LogP contribution in [0.1, 0.15) is 31.7 Å². The number of piperazine rings is 1. The molecule has 2 aliphatic rings. The predicted octanol–water partition coefficient (Wildman–Crippen LogP) is 3.82. The molecule has 0 spiro atoms. The van der Waals surface area contributed by atoms with Gasteiger partial charge in [-0.05, 0) is 37.0 Å². The minimum atomic E-state index is -4.32. The second kappa shape index (κ2) is 10.1. The summed E-state index contributed by atoms with van der Waals surface area (Å²) >= 11 is 0. The van der Waals surface area contributed by atoms with E-state index < -0.39 is 17.8 Å². The summed E-state index contributed by atoms with van der Waals surface area (Å²) in [6, 6.07) is 5.48. The Morgan fingerprint density at radius 3 is 2.50 bits per heavy atom. The standard InChI is InChI=1S/C20H29F3N2O2.ClH/c1-15-4-2-7-19(15)27-14-18(26)13-24-8-10-25(11-9-24)17-6-3-5-16(12-17)20(21,22)23;/h3,5-6,12,15,18-19,26H,2,4,7-11,13-14H2,1H3;1H. The first-order valence-corrected chi connectivity index (χ1v) is 9.77. The van der Waals surface area contributed by atoms with E-state index in [9.17, 15) is 18.3 Å². The van der Waals surface area contributed by atoms with E-state index in [-0.39, 0.29) is 18.5 Å². The van der Waals surface area contributed by atoms with Gasteiger partial charge in [0.25, 0.3) is 0 Å². The number of rotatable bonds is 6. The van der Waals surface area contributed by atoms with Crippen LogP contribution in [0.2, 0.25) is 0 Å². The number of nitrogens with zero attached hydrogens (tertiary/aromatic N) is 2. The van der Waals surface area contributed by atoms with E-state index in [0.717, 1.165) is 12.5 Å². The van der Waals surface area contributed by atoms with Crippen LogP contribution in [0.25, 0.3) is 0 Å². The first kappa shape index (κ1) is 23.3. The second-order valence-corrected chi connectivity index (χ2v) is 7.77. The largest absolute Gasteiger partial charge is 0.416 e. The zero-order chi connectivity index (χ0) is 19.4. The van der Waals surface area contributed by atoms with Crippen LogP contribution in [0.4, 0.5) is 18.9 Å². The molecule has 0 amide bonds. The van der Waals surface area contributed by atoms with E-state index in [1.165, 1.54) is 25.0 Å². The molecule has 3 rings (SSSR count). The minimum absolute atomic E-state index is 0. The van der Waals surface area contributed by atoms with Crippen molar-refractivity contribution in [3.8, 4) is 0 Å². The molecule has 8 heteroatoms. The highest BCUT2D eigenvalue weighted by Gasteiger charge is 2.31. The summed E-state index contributed by atoms with van der Waals surface area (Å²) in [6.07, 6.45) is -1.13. The highest BCUT2D eigenvalue weighted by molar-refractivity contribution is 5.85. The summed E-state index contributed by atoms with van der Waals surface area (Å²) in [5.74, 6) is 0.563. The van der Waals surface area contributed by atoms with Gasteiger partial charge in [0, 0.05) is 38.4 Å². The number of alkyl halides is 3. The number of aliphatic hydroxyl groups excluding tert-OH is 1. The lowest BCUT2D eigenvalue weighted by molar-refractivity contribution is -0.137. The van der Waals surface area contributed by atoms with E-state index in [0.29, 0.717) is 50.9 Å². The Hall–Kier alpha value is -1.02. The number of hydrogen-bond acceptors (Lipinski definition) is 4. The lowest BCUT2D eigenvalue weighted by Gasteiger charge is -2.37. The van der Waals surface area contributed by atoms with Crippen molar-refractivity contribution >= 4 is 18.1 Å². The average Bonchev–Trinajstić information content (AvgIpc) is 3.05. The molecule has 3 atom stereocenters. The highest BCUT2D eigenvalue weighted by Crippen LogP contribution is 2.32. The third-order valence-electron chi connectivity index (χ3n) is 5.67. The van der Waals surface area contributed by atoms with Crippen molar-refractivity contribution in [1.82, 2.24) is 4.90 Å². The molecule has 160 valence electrons. The molecule has 1 aliphatic carbocycles. The zero-order valence-corrected chi connectivity index (χ0v) is 17.0. The minimum Gasteiger partial charge on any atom is -0.389 e. The normalized spacial score (nSPS) is 24.8. The monoisotopic (exact) mass is 422 g/mol. The van der Waals surface area contributed by atoms with Crippen molar-refractivity contribution in [2.45, 2.75) is 44.6 Å². The van der Waals surface area contributed by atoms with Gasteiger partial charge >= 0.3 is 6.18 Å². The Labute approximate surface area is 171 Å². The van der Waals surface area contributed by atoms with Crippen LogP contribution in [0.3, 0.4) is 0 Å². The molecule has 0 radical (unpaired) electrons. The van der Waals surface area contributed by atoms with Crippen LogP contribution in [0.5, 0.6) is 0 Å². The van der Waals surface area contributed by atoms with Crippen LogP contribution in [-0.2, 0) is 10.9 Å². The molecule has 1 saturated heterocycles. The molecular weight excluding hydrogens is 393 g/mol. The van der Waals surface area contributed by atoms with Crippen molar-refractivity contribution in [2.75, 3.05) is 44.2 Å². The number of aliphatic hydroxyl groups is 1. The Bertz CT molecular complexity index is 609. The Morgan fingerprint density at radius 2 is 1.89 bits per heavy atom. The van der Waals surface area contributed by atoms with Crippen LogP contribution in [0.15, 0.2) is 24.3 Å². The second-order valence-electron chi connectivity index (χ2n) is 7.77. The van der Waals surface area contributed by atoms with Gasteiger partial charge in [-0.2, -0.15) is 13.2 Å². The molecule has 1 aromatic carbocycles. The van der Waals surface area contributed by atoms with Crippen LogP contribution < -0.4 is 4.90 Å². The number of ether oxygens (including phenoxy) is 1. The number of β-amino-alcohol motifs (C(OH)–C–C–N with tert-alkyl or cyclic N) is 1. The van der Waals surface area contributed by atoms with E-state index in [1.54, 1.807) is 6.07 Å². The summed E-state index contributed by atoms with van der Waals surface area (Å²) < 4.78 is 44.5. The smallest absolute Gasteiger partial charge is 0.389 e. The molecule has 1 saturated carbocycles. The van der Waals surface area contributed by atoms with Gasteiger partial charge in [0.15, 0.2) is 0 Å². The summed E-state index contributed by atoms with van der Waals surface area (Å²) in [6.45, 7) is 5.81. The lowest BCUT2D eigenvalue weighted by Crippen LogP contribution is -2.49. The molecule has 1 aromatic rings. The van der Waals surface area contributed by atoms with Crippen molar-refractivity contribution in [1.29, 1.82) is 0 Å². The average molecular weight is 423 g/mol. The summed E-state index contributed by atoms with van der Waals surface area (Å²) in [4.78, 5) is 4.12. The Balaban J connectivity index is 0.00000280. The molecule has 0 aromatic heterocycles. The summed E-state index contributed by atoms with van der Waals surface area (Å²) in [5, 5.41) is 10.3. The fraction of sp³-hybridized carbons (Fsp3) is 0.700. The number of anilines is 1. The molecule has 1 N–H and O–H groups in total. The van der Waals surface area contributed by atoms with Crippen LogP contribution in [-0.4, -0.2) is 61.5 Å². The van der Waals surface area contributed by atoms with E-state index in [4.69, 9.17) is 4.74 Å². The highest BCUT2D eigenvalue weighted by atomic mass is 35.5. The van der Waals surface area contributed by atoms with E-state index in [1.807, 2.05) is 4.90 Å². The van der Waals surface area contributed by atoms with Gasteiger partial charge in [-0.15, -0.1) is 12.4 Å². The maximum atomic E-state index is 12.9. The summed E-state index contributed by atoms with van der Waals surface area (Å²) in [7, 11) is 0. The number of benzene rings is 1. The topological polar surface area (TPSA) is 35.9 Å². The molecule has 0 bridgehead atoms. The van der Waals surface area contributed by atoms with Gasteiger partial charge in [-0.1, -0.05) is 19.4 Å². The first-order valence-electron chi connectivity index (χ1n) is 9.77. The van der Waals surface area contributed by atoms with Crippen molar-refractivity contribution < 1.29 is 23.0 Å². The molecule has 1 heterocycles. The molecule has 4 nitrogen and oxygen atoms in total. The van der Waals surface area contributed by atoms with Gasteiger partial charge in [-0.3, -0.25) is 4.90 Å². The maximum absolute atomic E-state index is 12.9. The summed E-state index contributed by atoms with van der Waals surface area (Å²) in [5.41, 5.74) is -0.0141. The lowest BCUT2D eigenvalue weighted by atomic mass is 10.1. The van der Waals surface area contributed by atoms with Crippen LogP contribution >= 0.6 is 12.4 Å². The first-order chi connectivity index (χ1) is 12.8. The van der Waals surface area contributed by atoms with Gasteiger partial charge < -0.3 is 14.7 Å². The van der Waals surface area contributed by atoms with E-state index in [2.05, 4.69) is 11.8 Å². The SMILES string of the molecule is CC1CCCC1OCC(O)CN1CCN(c2cccc(C(F)(F)F)c2)CC1.Cl. The van der Waals surface area contributed by atoms with Crippen molar-refractivity contribution in [2.24, 2.45) is 5.92 Å². The van der Waals surface area contributed by atoms with Gasteiger partial charge in [0.05, 0.1) is 24.4 Å². The van der Waals surface area contributed by atoms with Crippen molar-refractivity contribution in [3.05, 3.63) is 29.8 Å². The molecule has 1 aliphatic heterocycles. The van der Waals surface area contributed by atoms with Gasteiger partial charge in [0.2, 0.25) is 0 Å². The van der Waals surface area contributed by atoms with Crippen molar-refractivity contribution in [3.63, 3.8) is 0 Å². The van der Waals surface area contributed by atoms with Gasteiger partial charge in [0.1, 0.15) is 0 Å². The molecule has 2 fully saturated rings. The van der Waals surface area contributed by atoms with Gasteiger partial charge in [-0.25, -0.2) is 0 Å². The molecule has 28 heavy (non-hydrogen) atoms. The fourth-order valence-electron chi connectivity index (χ4n) is 4.01. The fourth-order valence-corrected chi connectivity index (χ4v) is 4.01. The third kappa shape index (κ3) is 6.24. The predicted molar refractivity (Wildman–Crippen MR) is 106 cm³/mol. The Morgan fingerprint density at radius 1 is 1.18 bits per heavy atom. The van der Waals surface area contributed by atoms with E-state index >= 15 is 0 Å². The number of hydrogen-bond donors (Lipinski definition) is 1. The molecular formula is C20H30ClF3N2O2. The number of halogens is 4. The Kier molecular flexibility index (Phi) is 8.43. The third-order valence-corrected chi connectivity index (χ3v) is 5.67.